The van der Waals surface area contributed by atoms with Crippen molar-refractivity contribution in [3.8, 4) is 0 Å². The summed E-state index contributed by atoms with van der Waals surface area (Å²) in [5, 5.41) is 10.8. The molecule has 6 heteroatoms. The first-order chi connectivity index (χ1) is 5.90. The summed E-state index contributed by atoms with van der Waals surface area (Å²) in [6.07, 6.45) is -0.932. The fraction of sp³-hybridized carbons (Fsp3) is 0.857. The van der Waals surface area contributed by atoms with E-state index in [0.29, 0.717) is 0 Å². The average molecular weight is 197 g/mol. The van der Waals surface area contributed by atoms with Gasteiger partial charge in [0.1, 0.15) is 0 Å². The molecule has 0 aliphatic carbocycles. The molecule has 0 unspecified atom stereocenters. The first-order valence-electron chi connectivity index (χ1n) is 3.91. The molecule has 0 spiro atoms. The molecule has 3 nitrogen and oxygen atoms in total. The van der Waals surface area contributed by atoms with E-state index in [-0.39, 0.29) is 13.1 Å². The lowest BCUT2D eigenvalue weighted by Gasteiger charge is -2.33. The van der Waals surface area contributed by atoms with Gasteiger partial charge in [-0.15, -0.1) is 0 Å². The molecular weight excluding hydrogens is 187 g/mol. The molecule has 1 aliphatic rings. The predicted octanol–water partition coefficient (Wildman–Crippen LogP) is 0.798. The van der Waals surface area contributed by atoms with E-state index in [2.05, 4.69) is 5.32 Å². The van der Waals surface area contributed by atoms with Crippen LogP contribution in [0, 0.1) is 0 Å². The first kappa shape index (κ1) is 10.3. The summed E-state index contributed by atoms with van der Waals surface area (Å²) >= 11 is 0. The maximum absolute atomic E-state index is 13.4. The molecule has 1 heterocycles. The summed E-state index contributed by atoms with van der Waals surface area (Å²) in [5.41, 5.74) is -2.90. The summed E-state index contributed by atoms with van der Waals surface area (Å²) in [6.45, 7) is 0.165. The lowest BCUT2D eigenvalue weighted by atomic mass is 9.88. The molecule has 1 saturated heterocycles. The van der Waals surface area contributed by atoms with Crippen molar-refractivity contribution in [3.05, 3.63) is 0 Å². The van der Waals surface area contributed by atoms with E-state index >= 15 is 0 Å². The van der Waals surface area contributed by atoms with E-state index in [1.54, 1.807) is 0 Å². The number of nitrogens with one attached hydrogen (secondary N) is 1. The second-order valence-electron chi connectivity index (χ2n) is 3.09. The van der Waals surface area contributed by atoms with Crippen LogP contribution in [0.25, 0.3) is 0 Å². The van der Waals surface area contributed by atoms with E-state index in [4.69, 9.17) is 5.11 Å². The maximum atomic E-state index is 13.4. The van der Waals surface area contributed by atoms with Crippen molar-refractivity contribution in [1.82, 2.24) is 5.32 Å². The Morgan fingerprint density at radius 2 is 1.85 bits per heavy atom. The van der Waals surface area contributed by atoms with E-state index in [1.807, 2.05) is 0 Å². The van der Waals surface area contributed by atoms with Crippen LogP contribution >= 0.6 is 0 Å². The Hall–Kier alpha value is -0.780. The summed E-state index contributed by atoms with van der Waals surface area (Å²) in [6, 6.07) is 0. The highest BCUT2D eigenvalue weighted by Gasteiger charge is 2.60. The molecule has 1 rings (SSSR count). The highest BCUT2D eigenvalue weighted by atomic mass is 19.3. The highest BCUT2D eigenvalue weighted by Crippen LogP contribution is 2.39. The molecule has 2 N–H and O–H groups in total. The molecule has 0 aromatic heterocycles. The number of aliphatic carboxylic acids is 1. The Labute approximate surface area is 72.9 Å². The number of halogens is 3. The molecule has 0 aromatic rings. The zero-order valence-corrected chi connectivity index (χ0v) is 6.82. The van der Waals surface area contributed by atoms with Crippen LogP contribution in [0.15, 0.2) is 0 Å². The van der Waals surface area contributed by atoms with Gasteiger partial charge in [0.25, 0.3) is 0 Å². The van der Waals surface area contributed by atoms with Gasteiger partial charge in [0, 0.05) is 12.8 Å². The Balaban J connectivity index is 2.82. The molecule has 0 aromatic carbocycles. The Bertz CT molecular complexity index is 214. The van der Waals surface area contributed by atoms with Gasteiger partial charge in [-0.05, 0) is 13.1 Å². The monoisotopic (exact) mass is 197 g/mol. The predicted molar refractivity (Wildman–Crippen MR) is 38.5 cm³/mol. The van der Waals surface area contributed by atoms with Gasteiger partial charge in [0.05, 0.1) is 0 Å². The van der Waals surface area contributed by atoms with Gasteiger partial charge in [0.15, 0.2) is 5.67 Å². The number of carboxylic acid groups (broad SMARTS) is 1. The number of hydrogen-bond acceptors (Lipinski definition) is 2. The van der Waals surface area contributed by atoms with Crippen LogP contribution in [0.5, 0.6) is 0 Å². The third-order valence-electron chi connectivity index (χ3n) is 2.23. The van der Waals surface area contributed by atoms with Crippen LogP contribution in [0.1, 0.15) is 12.8 Å². The lowest BCUT2D eigenvalue weighted by Crippen LogP contribution is -2.55. The normalized spacial score (nSPS) is 22.7. The smallest absolute Gasteiger partial charge is 0.378 e. The molecule has 0 amide bonds. The van der Waals surface area contributed by atoms with Crippen molar-refractivity contribution < 1.29 is 23.1 Å². The van der Waals surface area contributed by atoms with Crippen molar-refractivity contribution in [2.45, 2.75) is 24.4 Å². The van der Waals surface area contributed by atoms with E-state index < -0.39 is 30.4 Å². The topological polar surface area (TPSA) is 49.3 Å². The van der Waals surface area contributed by atoms with Gasteiger partial charge in [0.2, 0.25) is 0 Å². The van der Waals surface area contributed by atoms with Gasteiger partial charge in [-0.2, -0.15) is 8.78 Å². The summed E-state index contributed by atoms with van der Waals surface area (Å²) in [5.74, 6) is -6.67. The van der Waals surface area contributed by atoms with Crippen molar-refractivity contribution in [2.75, 3.05) is 13.1 Å². The second kappa shape index (κ2) is 3.17. The zero-order valence-electron chi connectivity index (χ0n) is 6.82. The first-order valence-corrected chi connectivity index (χ1v) is 3.91. The molecular formula is C7H10F3NO2. The maximum Gasteiger partial charge on any atom is 0.378 e. The fourth-order valence-electron chi connectivity index (χ4n) is 1.33. The van der Waals surface area contributed by atoms with E-state index in [0.717, 1.165) is 0 Å². The minimum atomic E-state index is -4.28. The van der Waals surface area contributed by atoms with Gasteiger partial charge in [-0.25, -0.2) is 9.18 Å². The quantitative estimate of drug-likeness (QED) is 0.688. The Morgan fingerprint density at radius 3 is 2.23 bits per heavy atom. The summed E-state index contributed by atoms with van der Waals surface area (Å²) in [4.78, 5) is 10.1. The minimum Gasteiger partial charge on any atom is -0.477 e. The SMILES string of the molecule is O=C(O)C(F)(F)C1(F)CCNCC1. The fourth-order valence-corrected chi connectivity index (χ4v) is 1.33. The van der Waals surface area contributed by atoms with Gasteiger partial charge >= 0.3 is 11.9 Å². The average Bonchev–Trinajstić information content (AvgIpc) is 2.05. The molecule has 0 radical (unpaired) electrons. The van der Waals surface area contributed by atoms with Crippen LogP contribution in [0.3, 0.4) is 0 Å². The number of alkyl halides is 3. The standard InChI is InChI=1S/C7H10F3NO2/c8-6(1-3-11-4-2-6)7(9,10)5(12)13/h11H,1-4H2,(H,12,13). The molecule has 76 valence electrons. The van der Waals surface area contributed by atoms with Gasteiger partial charge in [-0.3, -0.25) is 0 Å². The molecule has 1 aliphatic heterocycles. The number of rotatable bonds is 2. The molecule has 0 atom stereocenters. The van der Waals surface area contributed by atoms with Crippen molar-refractivity contribution in [3.63, 3.8) is 0 Å². The number of hydrogen-bond donors (Lipinski definition) is 2. The summed E-state index contributed by atoms with van der Waals surface area (Å²) < 4.78 is 39.1. The van der Waals surface area contributed by atoms with Crippen molar-refractivity contribution >= 4 is 5.97 Å². The third-order valence-corrected chi connectivity index (χ3v) is 2.23. The van der Waals surface area contributed by atoms with Crippen LogP contribution in [-0.4, -0.2) is 35.8 Å². The molecule has 0 bridgehead atoms. The highest BCUT2D eigenvalue weighted by molar-refractivity contribution is 5.77. The van der Waals surface area contributed by atoms with Crippen LogP contribution in [-0.2, 0) is 4.79 Å². The number of carboxylic acids is 1. The van der Waals surface area contributed by atoms with Crippen molar-refractivity contribution in [2.24, 2.45) is 0 Å². The minimum absolute atomic E-state index is 0.0827. The van der Waals surface area contributed by atoms with E-state index in [9.17, 15) is 18.0 Å². The summed E-state index contributed by atoms with van der Waals surface area (Å²) in [7, 11) is 0. The Kier molecular flexibility index (Phi) is 2.51. The van der Waals surface area contributed by atoms with Crippen LogP contribution in [0.2, 0.25) is 0 Å². The zero-order chi connectivity index (χ0) is 10.1. The Morgan fingerprint density at radius 1 is 1.38 bits per heavy atom. The van der Waals surface area contributed by atoms with Crippen LogP contribution in [0.4, 0.5) is 13.2 Å². The molecule has 1 fully saturated rings. The number of piperidine rings is 1. The lowest BCUT2D eigenvalue weighted by molar-refractivity contribution is -0.195. The number of carbonyl (C=O) groups is 1. The molecule has 13 heavy (non-hydrogen) atoms. The van der Waals surface area contributed by atoms with Crippen LogP contribution < -0.4 is 5.32 Å². The van der Waals surface area contributed by atoms with Crippen molar-refractivity contribution in [1.29, 1.82) is 0 Å². The second-order valence-corrected chi connectivity index (χ2v) is 3.09. The largest absolute Gasteiger partial charge is 0.477 e. The van der Waals surface area contributed by atoms with Gasteiger partial charge in [-0.1, -0.05) is 0 Å². The molecule has 0 saturated carbocycles. The van der Waals surface area contributed by atoms with E-state index in [1.165, 1.54) is 0 Å². The van der Waals surface area contributed by atoms with Gasteiger partial charge < -0.3 is 10.4 Å². The third kappa shape index (κ3) is 1.63.